The Balaban J connectivity index is 1.77. The van der Waals surface area contributed by atoms with Crippen LogP contribution in [0.25, 0.3) is 0 Å². The van der Waals surface area contributed by atoms with E-state index in [9.17, 15) is 0 Å². The third-order valence-electron chi connectivity index (χ3n) is 4.80. The van der Waals surface area contributed by atoms with E-state index in [-0.39, 0.29) is 5.60 Å². The van der Waals surface area contributed by atoms with E-state index >= 15 is 0 Å². The Morgan fingerprint density at radius 2 is 1.80 bits per heavy atom. The lowest BCUT2D eigenvalue weighted by atomic mass is 9.89. The van der Waals surface area contributed by atoms with Gasteiger partial charge >= 0.3 is 0 Å². The van der Waals surface area contributed by atoms with Gasteiger partial charge < -0.3 is 9.64 Å². The highest BCUT2D eigenvalue weighted by Crippen LogP contribution is 2.30. The normalized spacial score (nSPS) is 24.6. The predicted molar refractivity (Wildman–Crippen MR) is 85.2 cm³/mol. The third kappa shape index (κ3) is 4.71. The first kappa shape index (κ1) is 16.3. The summed E-state index contributed by atoms with van der Waals surface area (Å²) in [6, 6.07) is 0. The molecule has 0 unspecified atom stereocenters. The Kier molecular flexibility index (Phi) is 6.31. The average Bonchev–Trinajstić information content (AvgIpc) is 2.42. The second-order valence-corrected chi connectivity index (χ2v) is 7.21. The van der Waals surface area contributed by atoms with Crippen LogP contribution in [-0.2, 0) is 4.74 Å². The van der Waals surface area contributed by atoms with Crippen molar-refractivity contribution in [1.29, 1.82) is 0 Å². The lowest BCUT2D eigenvalue weighted by Crippen LogP contribution is -2.57. The third-order valence-corrected chi connectivity index (χ3v) is 4.80. The van der Waals surface area contributed by atoms with Gasteiger partial charge in [0.25, 0.3) is 0 Å². The quantitative estimate of drug-likeness (QED) is 0.697. The van der Waals surface area contributed by atoms with Crippen LogP contribution in [0.4, 0.5) is 0 Å². The van der Waals surface area contributed by atoms with Gasteiger partial charge in [-0.3, -0.25) is 4.90 Å². The highest BCUT2D eigenvalue weighted by molar-refractivity contribution is 4.93. The molecule has 0 amide bonds. The predicted octanol–water partition coefficient (Wildman–Crippen LogP) is 3.00. The van der Waals surface area contributed by atoms with Crippen molar-refractivity contribution in [1.82, 2.24) is 9.80 Å². The Bertz CT molecular complexity index is 272. The zero-order valence-corrected chi connectivity index (χ0v) is 13.9. The highest BCUT2D eigenvalue weighted by atomic mass is 16.5. The van der Waals surface area contributed by atoms with Crippen LogP contribution in [-0.4, -0.2) is 61.3 Å². The van der Waals surface area contributed by atoms with Crippen LogP contribution in [0.2, 0.25) is 0 Å². The minimum atomic E-state index is 0.179. The molecule has 3 heteroatoms. The first-order chi connectivity index (χ1) is 9.63. The summed E-state index contributed by atoms with van der Waals surface area (Å²) in [7, 11) is 0. The van der Waals surface area contributed by atoms with E-state index in [0.717, 1.165) is 19.1 Å². The van der Waals surface area contributed by atoms with Crippen LogP contribution < -0.4 is 0 Å². The van der Waals surface area contributed by atoms with E-state index in [1.807, 2.05) is 0 Å². The summed E-state index contributed by atoms with van der Waals surface area (Å²) in [4.78, 5) is 5.27. The number of likely N-dealkylation sites (tertiary alicyclic amines) is 1. The van der Waals surface area contributed by atoms with Gasteiger partial charge in [-0.2, -0.15) is 0 Å². The van der Waals surface area contributed by atoms with Crippen LogP contribution in [0.5, 0.6) is 0 Å². The zero-order chi connectivity index (χ0) is 14.4. The summed E-state index contributed by atoms with van der Waals surface area (Å²) in [6.07, 6.45) is 6.49. The molecule has 2 aliphatic rings. The fraction of sp³-hybridized carbons (Fsp3) is 1.00. The molecule has 0 aromatic rings. The smallest absolute Gasteiger partial charge is 0.0833 e. The molecule has 1 spiro atoms. The van der Waals surface area contributed by atoms with Gasteiger partial charge in [-0.1, -0.05) is 33.6 Å². The van der Waals surface area contributed by atoms with Crippen LogP contribution in [0.1, 0.15) is 52.9 Å². The van der Waals surface area contributed by atoms with Crippen LogP contribution in [0.15, 0.2) is 0 Å². The van der Waals surface area contributed by atoms with Crippen molar-refractivity contribution in [3.05, 3.63) is 0 Å². The van der Waals surface area contributed by atoms with Gasteiger partial charge in [-0.15, -0.1) is 0 Å². The lowest BCUT2D eigenvalue weighted by Gasteiger charge is -2.47. The molecule has 3 nitrogen and oxygen atoms in total. The van der Waals surface area contributed by atoms with Gasteiger partial charge in [0.1, 0.15) is 0 Å². The Morgan fingerprint density at radius 3 is 2.45 bits per heavy atom. The molecule has 0 aromatic heterocycles. The fourth-order valence-corrected chi connectivity index (χ4v) is 3.66. The molecular formula is C17H34N2O. The molecule has 0 saturated carbocycles. The van der Waals surface area contributed by atoms with Crippen molar-refractivity contribution in [3.8, 4) is 0 Å². The van der Waals surface area contributed by atoms with Crippen molar-refractivity contribution >= 4 is 0 Å². The van der Waals surface area contributed by atoms with Gasteiger partial charge in [0, 0.05) is 32.7 Å². The van der Waals surface area contributed by atoms with E-state index < -0.39 is 0 Å². The average molecular weight is 282 g/mol. The first-order valence-corrected chi connectivity index (χ1v) is 8.72. The van der Waals surface area contributed by atoms with Gasteiger partial charge in [0.05, 0.1) is 12.2 Å². The van der Waals surface area contributed by atoms with Gasteiger partial charge in [-0.25, -0.2) is 0 Å². The number of ether oxygens (including phenoxy) is 1. The van der Waals surface area contributed by atoms with E-state index in [1.54, 1.807) is 0 Å². The standard InChI is InChI=1S/C17H34N2O/c1-4-5-6-9-19-12-13-20-17(15-19)7-10-18(11-8-17)14-16(2)3/h16H,4-15H2,1-3H3. The molecule has 0 bridgehead atoms. The van der Waals surface area contributed by atoms with Crippen molar-refractivity contribution < 1.29 is 4.74 Å². The summed E-state index contributed by atoms with van der Waals surface area (Å²) >= 11 is 0. The molecular weight excluding hydrogens is 248 g/mol. The number of hydrogen-bond acceptors (Lipinski definition) is 3. The zero-order valence-electron chi connectivity index (χ0n) is 13.9. The molecule has 2 aliphatic heterocycles. The number of piperidine rings is 1. The van der Waals surface area contributed by atoms with E-state index in [1.165, 1.54) is 64.8 Å². The number of morpholine rings is 1. The number of nitrogens with zero attached hydrogens (tertiary/aromatic N) is 2. The summed E-state index contributed by atoms with van der Waals surface area (Å²) in [5, 5.41) is 0. The van der Waals surface area contributed by atoms with Gasteiger partial charge in [0.2, 0.25) is 0 Å². The first-order valence-electron chi connectivity index (χ1n) is 8.72. The number of hydrogen-bond donors (Lipinski definition) is 0. The summed E-state index contributed by atoms with van der Waals surface area (Å²) < 4.78 is 6.23. The molecule has 0 N–H and O–H groups in total. The van der Waals surface area contributed by atoms with E-state index in [2.05, 4.69) is 30.6 Å². The molecule has 0 atom stereocenters. The van der Waals surface area contributed by atoms with Crippen molar-refractivity contribution in [2.24, 2.45) is 5.92 Å². The van der Waals surface area contributed by atoms with Crippen molar-refractivity contribution in [2.75, 3.05) is 45.9 Å². The molecule has 2 rings (SSSR count). The summed E-state index contributed by atoms with van der Waals surface area (Å²) in [5.74, 6) is 0.780. The van der Waals surface area contributed by atoms with Crippen molar-refractivity contribution in [3.63, 3.8) is 0 Å². The highest BCUT2D eigenvalue weighted by Gasteiger charge is 2.39. The molecule has 2 heterocycles. The van der Waals surface area contributed by atoms with Crippen LogP contribution in [0.3, 0.4) is 0 Å². The Morgan fingerprint density at radius 1 is 1.05 bits per heavy atom. The summed E-state index contributed by atoms with van der Waals surface area (Å²) in [6.45, 7) is 15.1. The molecule has 118 valence electrons. The number of rotatable bonds is 6. The molecule has 0 aliphatic carbocycles. The van der Waals surface area contributed by atoms with Gasteiger partial charge in [-0.05, 0) is 31.7 Å². The minimum absolute atomic E-state index is 0.179. The molecule has 2 saturated heterocycles. The second kappa shape index (κ2) is 7.77. The topological polar surface area (TPSA) is 15.7 Å². The maximum atomic E-state index is 6.23. The van der Waals surface area contributed by atoms with Crippen molar-refractivity contribution in [2.45, 2.75) is 58.5 Å². The monoisotopic (exact) mass is 282 g/mol. The van der Waals surface area contributed by atoms with E-state index in [4.69, 9.17) is 4.74 Å². The molecule has 0 aromatic carbocycles. The lowest BCUT2D eigenvalue weighted by molar-refractivity contribution is -0.136. The minimum Gasteiger partial charge on any atom is -0.372 e. The van der Waals surface area contributed by atoms with Crippen LogP contribution in [0, 0.1) is 5.92 Å². The second-order valence-electron chi connectivity index (χ2n) is 7.21. The molecule has 2 fully saturated rings. The molecule has 0 radical (unpaired) electrons. The van der Waals surface area contributed by atoms with Gasteiger partial charge in [0.15, 0.2) is 0 Å². The molecule has 20 heavy (non-hydrogen) atoms. The SMILES string of the molecule is CCCCCN1CCOC2(CCN(CC(C)C)CC2)C1. The Hall–Kier alpha value is -0.120. The maximum Gasteiger partial charge on any atom is 0.0833 e. The largest absolute Gasteiger partial charge is 0.372 e. The maximum absolute atomic E-state index is 6.23. The Labute approximate surface area is 125 Å². The van der Waals surface area contributed by atoms with E-state index in [0.29, 0.717) is 0 Å². The summed E-state index contributed by atoms with van der Waals surface area (Å²) in [5.41, 5.74) is 0.179. The number of unbranched alkanes of at least 4 members (excludes halogenated alkanes) is 2. The fourth-order valence-electron chi connectivity index (χ4n) is 3.66. The van der Waals surface area contributed by atoms with Crippen LogP contribution >= 0.6 is 0 Å².